The van der Waals surface area contributed by atoms with E-state index in [4.69, 9.17) is 11.6 Å². The van der Waals surface area contributed by atoms with Gasteiger partial charge in [-0.1, -0.05) is 23.7 Å². The van der Waals surface area contributed by atoms with Crippen molar-refractivity contribution in [3.05, 3.63) is 53.3 Å². The van der Waals surface area contributed by atoms with Crippen LogP contribution in [0.15, 0.2) is 42.6 Å². The molecule has 1 aromatic carbocycles. The third-order valence-corrected chi connectivity index (χ3v) is 7.28. The molecular formula is C25H26ClF2N5O2. The van der Waals surface area contributed by atoms with Crippen molar-refractivity contribution in [1.29, 1.82) is 0 Å². The molecule has 1 N–H and O–H groups in total. The molecule has 2 saturated heterocycles. The van der Waals surface area contributed by atoms with Gasteiger partial charge in [-0.25, -0.2) is 8.78 Å². The van der Waals surface area contributed by atoms with Crippen molar-refractivity contribution in [2.45, 2.75) is 25.8 Å². The molecule has 2 aliphatic rings. The first-order valence-corrected chi connectivity index (χ1v) is 11.9. The first-order chi connectivity index (χ1) is 16.7. The van der Waals surface area contributed by atoms with Crippen LogP contribution >= 0.6 is 11.6 Å². The molecule has 184 valence electrons. The van der Waals surface area contributed by atoms with Crippen molar-refractivity contribution in [2.75, 3.05) is 33.2 Å². The van der Waals surface area contributed by atoms with Gasteiger partial charge in [-0.2, -0.15) is 4.98 Å². The molecule has 4 heterocycles. The molecule has 2 aromatic heterocycles. The van der Waals surface area contributed by atoms with Gasteiger partial charge in [-0.05, 0) is 49.6 Å². The second-order valence-corrected chi connectivity index (χ2v) is 9.96. The number of likely N-dealkylation sites (tertiary alicyclic amines) is 2. The van der Waals surface area contributed by atoms with E-state index in [2.05, 4.69) is 21.9 Å². The van der Waals surface area contributed by atoms with Gasteiger partial charge in [0, 0.05) is 48.5 Å². The number of amides is 1. The summed E-state index contributed by atoms with van der Waals surface area (Å²) in [6.45, 7) is 3.28. The predicted octanol–water partition coefficient (Wildman–Crippen LogP) is 4.46. The molecule has 0 radical (unpaired) electrons. The standard InChI is InChI=1S/C25H26ClF2N5O2/c1-31-14-25(15-31)7-10-32(11-8-25)20(34)13-33-22(17-6-9-29-19(12-17)23(27)28)21(30-24(33)35)16-2-4-18(26)5-3-16/h2-6,9,12,23H,7-8,10-11,13-15H2,1H3,(H,30,35). The number of carbonyl (C=O) groups excluding carboxylic acids is 1. The molecule has 2 fully saturated rings. The quantitative estimate of drug-likeness (QED) is 0.558. The second kappa shape index (κ2) is 9.20. The number of benzene rings is 1. The summed E-state index contributed by atoms with van der Waals surface area (Å²) in [5, 5.41) is 11.3. The summed E-state index contributed by atoms with van der Waals surface area (Å²) in [5.41, 5.74) is 1.67. The Hall–Kier alpha value is -3.04. The number of rotatable bonds is 5. The van der Waals surface area contributed by atoms with Crippen molar-refractivity contribution < 1.29 is 18.7 Å². The van der Waals surface area contributed by atoms with Crippen LogP contribution in [0.25, 0.3) is 22.5 Å². The zero-order valence-corrected chi connectivity index (χ0v) is 20.0. The van der Waals surface area contributed by atoms with E-state index >= 15 is 0 Å². The van der Waals surface area contributed by atoms with Crippen molar-refractivity contribution in [3.8, 4) is 28.5 Å². The lowest BCUT2D eigenvalue weighted by atomic mass is 9.72. The van der Waals surface area contributed by atoms with Crippen LogP contribution in [0.5, 0.6) is 6.01 Å². The van der Waals surface area contributed by atoms with E-state index in [0.717, 1.165) is 25.9 Å². The highest BCUT2D eigenvalue weighted by molar-refractivity contribution is 6.30. The highest BCUT2D eigenvalue weighted by atomic mass is 35.5. The zero-order chi connectivity index (χ0) is 24.7. The van der Waals surface area contributed by atoms with Crippen LogP contribution < -0.4 is 0 Å². The lowest BCUT2D eigenvalue weighted by molar-refractivity contribution is -0.136. The Morgan fingerprint density at radius 2 is 1.83 bits per heavy atom. The maximum absolute atomic E-state index is 13.4. The Balaban J connectivity index is 1.48. The molecule has 0 atom stereocenters. The van der Waals surface area contributed by atoms with E-state index in [0.29, 0.717) is 46.0 Å². The molecule has 0 unspecified atom stereocenters. The number of imidazole rings is 1. The minimum atomic E-state index is -2.76. The Morgan fingerprint density at radius 3 is 2.46 bits per heavy atom. The molecule has 10 heteroatoms. The summed E-state index contributed by atoms with van der Waals surface area (Å²) >= 11 is 6.03. The second-order valence-electron chi connectivity index (χ2n) is 9.53. The van der Waals surface area contributed by atoms with Gasteiger partial charge < -0.3 is 14.9 Å². The lowest BCUT2D eigenvalue weighted by Crippen LogP contribution is -2.59. The van der Waals surface area contributed by atoms with E-state index in [-0.39, 0.29) is 18.5 Å². The summed E-state index contributed by atoms with van der Waals surface area (Å²) in [6.07, 6.45) is 0.429. The van der Waals surface area contributed by atoms with E-state index in [1.807, 2.05) is 4.90 Å². The third kappa shape index (κ3) is 4.62. The van der Waals surface area contributed by atoms with Gasteiger partial charge in [0.2, 0.25) is 5.91 Å². The van der Waals surface area contributed by atoms with Gasteiger partial charge in [0.05, 0.1) is 5.69 Å². The first-order valence-electron chi connectivity index (χ1n) is 11.5. The molecule has 35 heavy (non-hydrogen) atoms. The number of nitrogens with zero attached hydrogens (tertiary/aromatic N) is 5. The monoisotopic (exact) mass is 501 g/mol. The number of alkyl halides is 2. The third-order valence-electron chi connectivity index (χ3n) is 7.02. The summed E-state index contributed by atoms with van der Waals surface area (Å²) in [5.74, 6) is -0.146. The fourth-order valence-corrected chi connectivity index (χ4v) is 5.41. The molecule has 7 nitrogen and oxygen atoms in total. The van der Waals surface area contributed by atoms with Gasteiger partial charge in [0.15, 0.2) is 0 Å². The largest absolute Gasteiger partial charge is 0.480 e. The van der Waals surface area contributed by atoms with Crippen LogP contribution in [0, 0.1) is 5.41 Å². The molecular weight excluding hydrogens is 476 g/mol. The molecule has 1 amide bonds. The summed E-state index contributed by atoms with van der Waals surface area (Å²) in [4.78, 5) is 25.4. The van der Waals surface area contributed by atoms with Crippen LogP contribution in [0.1, 0.15) is 25.0 Å². The maximum atomic E-state index is 13.4. The van der Waals surface area contributed by atoms with Crippen molar-refractivity contribution in [3.63, 3.8) is 0 Å². The zero-order valence-electron chi connectivity index (χ0n) is 19.3. The number of aromatic nitrogens is 3. The number of aromatic hydroxyl groups is 1. The molecule has 2 aliphatic heterocycles. The van der Waals surface area contributed by atoms with Gasteiger partial charge >= 0.3 is 0 Å². The number of pyridine rings is 1. The van der Waals surface area contributed by atoms with Crippen LogP contribution in [-0.2, 0) is 11.3 Å². The highest BCUT2D eigenvalue weighted by Gasteiger charge is 2.43. The Kier molecular flexibility index (Phi) is 6.23. The van der Waals surface area contributed by atoms with Crippen LogP contribution in [-0.4, -0.2) is 68.6 Å². The van der Waals surface area contributed by atoms with Gasteiger partial charge in [-0.3, -0.25) is 14.3 Å². The normalized spacial score (nSPS) is 17.7. The fraction of sp³-hybridized carbons (Fsp3) is 0.400. The summed E-state index contributed by atoms with van der Waals surface area (Å²) in [7, 11) is 2.10. The number of halogens is 3. The maximum Gasteiger partial charge on any atom is 0.295 e. The predicted molar refractivity (Wildman–Crippen MR) is 128 cm³/mol. The van der Waals surface area contributed by atoms with Crippen molar-refractivity contribution in [2.24, 2.45) is 5.41 Å². The van der Waals surface area contributed by atoms with Crippen LogP contribution in [0.3, 0.4) is 0 Å². The van der Waals surface area contributed by atoms with E-state index in [1.165, 1.54) is 16.8 Å². The van der Waals surface area contributed by atoms with Gasteiger partial charge in [-0.15, -0.1) is 0 Å². The Bertz CT molecular complexity index is 1230. The van der Waals surface area contributed by atoms with Gasteiger partial charge in [0.1, 0.15) is 17.9 Å². The molecule has 1 spiro atoms. The number of hydrogen-bond donors (Lipinski definition) is 1. The number of carbonyl (C=O) groups is 1. The molecule has 0 aliphatic carbocycles. The summed E-state index contributed by atoms with van der Waals surface area (Å²) in [6, 6.07) is 9.30. The molecule has 3 aromatic rings. The van der Waals surface area contributed by atoms with E-state index in [9.17, 15) is 18.7 Å². The van der Waals surface area contributed by atoms with Crippen LogP contribution in [0.4, 0.5) is 8.78 Å². The highest BCUT2D eigenvalue weighted by Crippen LogP contribution is 2.40. The number of piperidine rings is 1. The van der Waals surface area contributed by atoms with Crippen LogP contribution in [0.2, 0.25) is 5.02 Å². The number of hydrogen-bond acceptors (Lipinski definition) is 5. The first kappa shape index (κ1) is 23.7. The van der Waals surface area contributed by atoms with Crippen molar-refractivity contribution >= 4 is 17.5 Å². The Morgan fingerprint density at radius 1 is 1.14 bits per heavy atom. The molecule has 0 bridgehead atoms. The topological polar surface area (TPSA) is 74.5 Å². The van der Waals surface area contributed by atoms with Crippen molar-refractivity contribution in [1.82, 2.24) is 24.3 Å². The van der Waals surface area contributed by atoms with E-state index < -0.39 is 12.1 Å². The summed E-state index contributed by atoms with van der Waals surface area (Å²) < 4.78 is 28.2. The minimum Gasteiger partial charge on any atom is -0.480 e. The van der Waals surface area contributed by atoms with E-state index in [1.54, 1.807) is 30.3 Å². The lowest BCUT2D eigenvalue weighted by Gasteiger charge is -2.52. The average Bonchev–Trinajstić information content (AvgIpc) is 3.15. The SMILES string of the molecule is CN1CC2(CCN(C(=O)Cn3c(O)nc(-c4ccc(Cl)cc4)c3-c3ccnc(C(F)F)c3)CC2)C1. The smallest absolute Gasteiger partial charge is 0.295 e. The fourth-order valence-electron chi connectivity index (χ4n) is 5.29. The average molecular weight is 502 g/mol. The molecule has 5 rings (SSSR count). The Labute approximate surface area is 207 Å². The van der Waals surface area contributed by atoms with Gasteiger partial charge in [0.25, 0.3) is 12.4 Å². The minimum absolute atomic E-state index is 0.146. The molecule has 0 saturated carbocycles.